The Morgan fingerprint density at radius 1 is 1.16 bits per heavy atom. The van der Waals surface area contributed by atoms with E-state index in [0.29, 0.717) is 18.1 Å². The third-order valence-corrected chi connectivity index (χ3v) is 3.43. The first-order valence-corrected chi connectivity index (χ1v) is 7.65. The van der Waals surface area contributed by atoms with Crippen molar-refractivity contribution in [2.45, 2.75) is 13.3 Å². The maximum absolute atomic E-state index is 12.9. The van der Waals surface area contributed by atoms with Gasteiger partial charge in [0.2, 0.25) is 5.89 Å². The van der Waals surface area contributed by atoms with Gasteiger partial charge >= 0.3 is 6.01 Å². The molecule has 0 spiro atoms. The highest BCUT2D eigenvalue weighted by Crippen LogP contribution is 2.16. The average Bonchev–Trinajstić information content (AvgIpc) is 3.03. The van der Waals surface area contributed by atoms with Gasteiger partial charge < -0.3 is 9.15 Å². The van der Waals surface area contributed by atoms with Gasteiger partial charge in [-0.3, -0.25) is 10.1 Å². The fourth-order valence-electron chi connectivity index (χ4n) is 2.17. The van der Waals surface area contributed by atoms with E-state index >= 15 is 0 Å². The summed E-state index contributed by atoms with van der Waals surface area (Å²) in [5.74, 6) is 0.248. The highest BCUT2D eigenvalue weighted by Gasteiger charge is 2.11. The quantitative estimate of drug-likeness (QED) is 0.745. The summed E-state index contributed by atoms with van der Waals surface area (Å²) in [5.41, 5.74) is 1.76. The van der Waals surface area contributed by atoms with Crippen LogP contribution < -0.4 is 10.1 Å². The third kappa shape index (κ3) is 4.63. The van der Waals surface area contributed by atoms with E-state index in [1.807, 2.05) is 25.1 Å². The van der Waals surface area contributed by atoms with Crippen LogP contribution in [0.15, 0.2) is 52.9 Å². The summed E-state index contributed by atoms with van der Waals surface area (Å²) in [7, 11) is 0. The predicted molar refractivity (Wildman–Crippen MR) is 88.8 cm³/mol. The van der Waals surface area contributed by atoms with Gasteiger partial charge in [-0.2, -0.15) is 0 Å². The maximum atomic E-state index is 12.9. The van der Waals surface area contributed by atoms with Gasteiger partial charge in [-0.25, -0.2) is 4.39 Å². The molecule has 7 heteroatoms. The van der Waals surface area contributed by atoms with Gasteiger partial charge in [0.05, 0.1) is 6.42 Å². The Morgan fingerprint density at radius 3 is 2.68 bits per heavy atom. The summed E-state index contributed by atoms with van der Waals surface area (Å²) >= 11 is 0. The number of hydrogen-bond acceptors (Lipinski definition) is 5. The highest BCUT2D eigenvalue weighted by atomic mass is 19.1. The van der Waals surface area contributed by atoms with Crippen molar-refractivity contribution in [1.29, 1.82) is 0 Å². The monoisotopic (exact) mass is 341 g/mol. The van der Waals surface area contributed by atoms with E-state index in [2.05, 4.69) is 15.5 Å². The van der Waals surface area contributed by atoms with Crippen LogP contribution in [0, 0.1) is 12.7 Å². The lowest BCUT2D eigenvalue weighted by molar-refractivity contribution is -0.118. The largest absolute Gasteiger partial charge is 0.483 e. The highest BCUT2D eigenvalue weighted by molar-refractivity contribution is 5.89. The molecule has 1 aromatic heterocycles. The molecule has 3 rings (SSSR count). The van der Waals surface area contributed by atoms with Crippen LogP contribution in [0.3, 0.4) is 0 Å². The van der Waals surface area contributed by atoms with E-state index in [9.17, 15) is 9.18 Å². The Morgan fingerprint density at radius 2 is 1.92 bits per heavy atom. The number of aryl methyl sites for hydroxylation is 1. The van der Waals surface area contributed by atoms with Crippen molar-refractivity contribution in [2.75, 3.05) is 11.9 Å². The van der Waals surface area contributed by atoms with E-state index < -0.39 is 5.91 Å². The second-order valence-electron chi connectivity index (χ2n) is 5.41. The van der Waals surface area contributed by atoms with E-state index in [1.54, 1.807) is 18.2 Å². The summed E-state index contributed by atoms with van der Waals surface area (Å²) in [5, 5.41) is 10.1. The summed E-state index contributed by atoms with van der Waals surface area (Å²) in [6.45, 7) is 1.73. The number of benzene rings is 2. The third-order valence-electron chi connectivity index (χ3n) is 3.43. The molecule has 1 N–H and O–H groups in total. The van der Waals surface area contributed by atoms with Crippen LogP contribution >= 0.6 is 0 Å². The van der Waals surface area contributed by atoms with Gasteiger partial charge in [0, 0.05) is 0 Å². The second-order valence-corrected chi connectivity index (χ2v) is 5.41. The first-order chi connectivity index (χ1) is 12.1. The average molecular weight is 341 g/mol. The second kappa shape index (κ2) is 7.57. The lowest BCUT2D eigenvalue weighted by Gasteiger charge is -2.07. The number of carbonyl (C=O) groups is 1. The van der Waals surface area contributed by atoms with Gasteiger partial charge in [0.15, 0.2) is 6.61 Å². The molecule has 0 aliphatic carbocycles. The minimum atomic E-state index is -0.403. The number of para-hydroxylation sites is 1. The van der Waals surface area contributed by atoms with Crippen molar-refractivity contribution in [3.8, 4) is 5.75 Å². The molecule has 0 saturated carbocycles. The number of halogens is 1. The fourth-order valence-corrected chi connectivity index (χ4v) is 2.17. The van der Waals surface area contributed by atoms with Gasteiger partial charge in [0.25, 0.3) is 5.91 Å². The number of anilines is 1. The van der Waals surface area contributed by atoms with Crippen LogP contribution in [-0.2, 0) is 11.2 Å². The van der Waals surface area contributed by atoms with E-state index in [-0.39, 0.29) is 18.4 Å². The molecule has 6 nitrogen and oxygen atoms in total. The molecule has 0 aliphatic rings. The molecular weight excluding hydrogens is 325 g/mol. The summed E-state index contributed by atoms with van der Waals surface area (Å²) in [4.78, 5) is 11.9. The first kappa shape index (κ1) is 16.6. The molecule has 1 heterocycles. The normalized spacial score (nSPS) is 10.5. The van der Waals surface area contributed by atoms with Crippen molar-refractivity contribution in [3.05, 3.63) is 71.4 Å². The summed E-state index contributed by atoms with van der Waals surface area (Å²) in [6, 6.07) is 13.4. The zero-order valence-corrected chi connectivity index (χ0v) is 13.5. The Labute approximate surface area is 143 Å². The molecule has 0 unspecified atom stereocenters. The zero-order chi connectivity index (χ0) is 17.6. The number of nitrogens with zero attached hydrogens (tertiary/aromatic N) is 2. The van der Waals surface area contributed by atoms with E-state index in [4.69, 9.17) is 9.15 Å². The molecule has 0 aliphatic heterocycles. The Bertz CT molecular complexity index is 862. The van der Waals surface area contributed by atoms with Crippen molar-refractivity contribution >= 4 is 11.9 Å². The minimum absolute atomic E-state index is 0.00417. The lowest BCUT2D eigenvalue weighted by Crippen LogP contribution is -2.20. The smallest absolute Gasteiger partial charge is 0.322 e. The number of aromatic nitrogens is 2. The van der Waals surface area contributed by atoms with E-state index in [0.717, 1.165) is 11.1 Å². The molecule has 3 aromatic rings. The molecule has 0 bridgehead atoms. The van der Waals surface area contributed by atoms with E-state index in [1.165, 1.54) is 12.1 Å². The number of ether oxygens (including phenoxy) is 1. The van der Waals surface area contributed by atoms with Crippen LogP contribution in [0.5, 0.6) is 5.75 Å². The fraction of sp³-hybridized carbons (Fsp3) is 0.167. The zero-order valence-electron chi connectivity index (χ0n) is 13.5. The van der Waals surface area contributed by atoms with Crippen molar-refractivity contribution in [1.82, 2.24) is 10.2 Å². The molecule has 0 radical (unpaired) electrons. The maximum Gasteiger partial charge on any atom is 0.322 e. The van der Waals surface area contributed by atoms with Crippen LogP contribution in [0.4, 0.5) is 10.4 Å². The summed E-state index contributed by atoms with van der Waals surface area (Å²) < 4.78 is 23.7. The van der Waals surface area contributed by atoms with Crippen molar-refractivity contribution in [3.63, 3.8) is 0 Å². The van der Waals surface area contributed by atoms with Crippen LogP contribution in [-0.4, -0.2) is 22.7 Å². The topological polar surface area (TPSA) is 77.2 Å². The first-order valence-electron chi connectivity index (χ1n) is 7.65. The molecule has 0 atom stereocenters. The lowest BCUT2D eigenvalue weighted by atomic mass is 10.1. The van der Waals surface area contributed by atoms with Crippen molar-refractivity contribution < 1.29 is 18.3 Å². The Kier molecular flexibility index (Phi) is 5.03. The van der Waals surface area contributed by atoms with Crippen LogP contribution in [0.25, 0.3) is 0 Å². The molecule has 0 saturated heterocycles. The minimum Gasteiger partial charge on any atom is -0.483 e. The van der Waals surface area contributed by atoms with Gasteiger partial charge in [-0.05, 0) is 36.2 Å². The van der Waals surface area contributed by atoms with Crippen LogP contribution in [0.2, 0.25) is 0 Å². The molecule has 2 aromatic carbocycles. The van der Waals surface area contributed by atoms with Gasteiger partial charge in [0.1, 0.15) is 11.6 Å². The number of amides is 1. The number of carbonyl (C=O) groups excluding carboxylic acids is 1. The number of nitrogens with one attached hydrogen (secondary N) is 1. The Hall–Kier alpha value is -3.22. The predicted octanol–water partition coefficient (Wildman–Crippen LogP) is 3.13. The number of rotatable bonds is 6. The molecule has 25 heavy (non-hydrogen) atoms. The molecule has 1 amide bonds. The SMILES string of the molecule is Cc1ccccc1OCC(=O)Nc1nnc(Cc2ccc(F)cc2)o1. The standard InChI is InChI=1S/C18H16FN3O3/c1-12-4-2-3-5-15(12)24-11-16(23)20-18-22-21-17(25-18)10-13-6-8-14(19)9-7-13/h2-9H,10-11H2,1H3,(H,20,22,23). The Balaban J connectivity index is 1.53. The van der Waals surface area contributed by atoms with Crippen molar-refractivity contribution in [2.24, 2.45) is 0 Å². The van der Waals surface area contributed by atoms with Gasteiger partial charge in [-0.15, -0.1) is 5.10 Å². The number of hydrogen-bond donors (Lipinski definition) is 1. The molecular formula is C18H16FN3O3. The van der Waals surface area contributed by atoms with Crippen LogP contribution in [0.1, 0.15) is 17.0 Å². The molecule has 0 fully saturated rings. The summed E-state index contributed by atoms with van der Waals surface area (Å²) in [6.07, 6.45) is 0.350. The van der Waals surface area contributed by atoms with Gasteiger partial charge in [-0.1, -0.05) is 35.4 Å². The molecule has 128 valence electrons.